The minimum absolute atomic E-state index is 0.399. The standard InChI is InChI=1S/C13H17N3O2S/c1-10(8-14-2)19(17,18)16-12-7-11-5-3-4-6-13(11)15-9-12/h3-7,9-10,14,16H,8H2,1-2H3. The summed E-state index contributed by atoms with van der Waals surface area (Å²) in [6, 6.07) is 9.36. The molecule has 0 aliphatic carbocycles. The van der Waals surface area contributed by atoms with Crippen molar-refractivity contribution in [2.45, 2.75) is 12.2 Å². The zero-order chi connectivity index (χ0) is 13.9. The third-order valence-corrected chi connectivity index (χ3v) is 4.62. The zero-order valence-corrected chi connectivity index (χ0v) is 11.7. The van der Waals surface area contributed by atoms with E-state index in [2.05, 4.69) is 15.0 Å². The van der Waals surface area contributed by atoms with Crippen molar-refractivity contribution in [2.24, 2.45) is 0 Å². The first kappa shape index (κ1) is 13.8. The van der Waals surface area contributed by atoms with Gasteiger partial charge in [-0.15, -0.1) is 0 Å². The predicted molar refractivity (Wildman–Crippen MR) is 77.7 cm³/mol. The monoisotopic (exact) mass is 279 g/mol. The van der Waals surface area contributed by atoms with Crippen LogP contribution in [0.2, 0.25) is 0 Å². The van der Waals surface area contributed by atoms with Crippen LogP contribution < -0.4 is 10.0 Å². The van der Waals surface area contributed by atoms with Gasteiger partial charge in [-0.25, -0.2) is 8.42 Å². The summed E-state index contributed by atoms with van der Waals surface area (Å²) in [7, 11) is -1.67. The molecule has 0 aliphatic heterocycles. The minimum atomic E-state index is -3.40. The number of nitrogens with zero attached hydrogens (tertiary/aromatic N) is 1. The van der Waals surface area contributed by atoms with Crippen molar-refractivity contribution in [3.63, 3.8) is 0 Å². The first-order chi connectivity index (χ1) is 9.03. The van der Waals surface area contributed by atoms with Gasteiger partial charge in [0, 0.05) is 11.9 Å². The summed E-state index contributed by atoms with van der Waals surface area (Å²) in [4.78, 5) is 4.23. The fourth-order valence-corrected chi connectivity index (χ4v) is 2.82. The number of hydrogen-bond donors (Lipinski definition) is 2. The number of rotatable bonds is 5. The van der Waals surface area contributed by atoms with Gasteiger partial charge in [0.25, 0.3) is 0 Å². The molecular weight excluding hydrogens is 262 g/mol. The van der Waals surface area contributed by atoms with Gasteiger partial charge in [0.15, 0.2) is 0 Å². The molecule has 0 saturated heterocycles. The molecule has 0 bridgehead atoms. The highest BCUT2D eigenvalue weighted by Crippen LogP contribution is 2.17. The molecular formula is C13H17N3O2S. The topological polar surface area (TPSA) is 71.1 Å². The third kappa shape index (κ3) is 3.21. The average molecular weight is 279 g/mol. The van der Waals surface area contributed by atoms with Gasteiger partial charge in [0.1, 0.15) is 0 Å². The van der Waals surface area contributed by atoms with Crippen LogP contribution in [0.5, 0.6) is 0 Å². The van der Waals surface area contributed by atoms with E-state index in [9.17, 15) is 8.42 Å². The molecule has 5 nitrogen and oxygen atoms in total. The Bertz CT molecular complexity index is 670. The molecule has 0 radical (unpaired) electrons. The number of para-hydroxylation sites is 1. The van der Waals surface area contributed by atoms with Gasteiger partial charge in [-0.05, 0) is 26.1 Å². The number of anilines is 1. The molecule has 19 heavy (non-hydrogen) atoms. The fourth-order valence-electron chi connectivity index (χ4n) is 1.79. The maximum Gasteiger partial charge on any atom is 0.236 e. The van der Waals surface area contributed by atoms with Crippen molar-refractivity contribution in [1.82, 2.24) is 10.3 Å². The first-order valence-electron chi connectivity index (χ1n) is 6.04. The van der Waals surface area contributed by atoms with Gasteiger partial charge in [0.2, 0.25) is 10.0 Å². The number of aromatic nitrogens is 1. The smallest absolute Gasteiger partial charge is 0.236 e. The molecule has 6 heteroatoms. The first-order valence-corrected chi connectivity index (χ1v) is 7.58. The Labute approximate surface area is 113 Å². The number of benzene rings is 1. The Kier molecular flexibility index (Phi) is 4.01. The van der Waals surface area contributed by atoms with Crippen molar-refractivity contribution < 1.29 is 8.42 Å². The molecule has 102 valence electrons. The zero-order valence-electron chi connectivity index (χ0n) is 10.9. The molecule has 1 atom stereocenters. The van der Waals surface area contributed by atoms with E-state index in [0.29, 0.717) is 12.2 Å². The van der Waals surface area contributed by atoms with Gasteiger partial charge < -0.3 is 5.32 Å². The lowest BCUT2D eigenvalue weighted by Crippen LogP contribution is -2.33. The summed E-state index contributed by atoms with van der Waals surface area (Å²) >= 11 is 0. The Morgan fingerprint density at radius 2 is 2.05 bits per heavy atom. The highest BCUT2D eigenvalue weighted by molar-refractivity contribution is 7.93. The Morgan fingerprint density at radius 3 is 2.79 bits per heavy atom. The molecule has 1 unspecified atom stereocenters. The second-order valence-electron chi connectivity index (χ2n) is 4.43. The molecule has 1 aromatic carbocycles. The largest absolute Gasteiger partial charge is 0.318 e. The summed E-state index contributed by atoms with van der Waals surface area (Å²) in [5.74, 6) is 0. The Morgan fingerprint density at radius 1 is 1.32 bits per heavy atom. The van der Waals surface area contributed by atoms with Crippen LogP contribution in [0.1, 0.15) is 6.92 Å². The second kappa shape index (κ2) is 5.54. The molecule has 1 heterocycles. The number of pyridine rings is 1. The van der Waals surface area contributed by atoms with E-state index in [1.807, 2.05) is 24.3 Å². The van der Waals surface area contributed by atoms with Crippen molar-refractivity contribution in [3.05, 3.63) is 36.5 Å². The molecule has 0 saturated carbocycles. The fraction of sp³-hybridized carbons (Fsp3) is 0.308. The summed E-state index contributed by atoms with van der Waals surface area (Å²) in [6.07, 6.45) is 1.53. The maximum absolute atomic E-state index is 12.0. The minimum Gasteiger partial charge on any atom is -0.318 e. The average Bonchev–Trinajstić information content (AvgIpc) is 2.38. The lowest BCUT2D eigenvalue weighted by Gasteiger charge is -2.14. The van der Waals surface area contributed by atoms with E-state index in [0.717, 1.165) is 10.9 Å². The van der Waals surface area contributed by atoms with Gasteiger partial charge in [-0.2, -0.15) is 0 Å². The summed E-state index contributed by atoms with van der Waals surface area (Å²) in [6.45, 7) is 2.06. The van der Waals surface area contributed by atoms with Crippen molar-refractivity contribution in [2.75, 3.05) is 18.3 Å². The van der Waals surface area contributed by atoms with E-state index < -0.39 is 15.3 Å². The highest BCUT2D eigenvalue weighted by atomic mass is 32.2. The van der Waals surface area contributed by atoms with Crippen LogP contribution in [0.15, 0.2) is 36.5 Å². The SMILES string of the molecule is CNCC(C)S(=O)(=O)Nc1cnc2ccccc2c1. The van der Waals surface area contributed by atoms with Crippen LogP contribution in [0.4, 0.5) is 5.69 Å². The van der Waals surface area contributed by atoms with Crippen LogP contribution in [0, 0.1) is 0 Å². The number of fused-ring (bicyclic) bond motifs is 1. The molecule has 2 rings (SSSR count). The van der Waals surface area contributed by atoms with E-state index >= 15 is 0 Å². The molecule has 0 spiro atoms. The Hall–Kier alpha value is -1.66. The quantitative estimate of drug-likeness (QED) is 0.872. The Balaban J connectivity index is 2.26. The van der Waals surface area contributed by atoms with E-state index in [1.54, 1.807) is 20.0 Å². The lowest BCUT2D eigenvalue weighted by molar-refractivity contribution is 0.584. The van der Waals surface area contributed by atoms with Crippen LogP contribution in [-0.2, 0) is 10.0 Å². The summed E-state index contributed by atoms with van der Waals surface area (Å²) < 4.78 is 26.7. The van der Waals surface area contributed by atoms with E-state index in [1.165, 1.54) is 6.20 Å². The number of nitrogens with one attached hydrogen (secondary N) is 2. The van der Waals surface area contributed by atoms with E-state index in [4.69, 9.17) is 0 Å². The molecule has 0 aliphatic rings. The van der Waals surface area contributed by atoms with Crippen molar-refractivity contribution in [1.29, 1.82) is 0 Å². The normalized spacial score (nSPS) is 13.4. The van der Waals surface area contributed by atoms with E-state index in [-0.39, 0.29) is 0 Å². The van der Waals surface area contributed by atoms with Gasteiger partial charge in [-0.1, -0.05) is 18.2 Å². The molecule has 0 fully saturated rings. The van der Waals surface area contributed by atoms with Gasteiger partial charge in [-0.3, -0.25) is 9.71 Å². The summed E-state index contributed by atoms with van der Waals surface area (Å²) in [5, 5.41) is 3.25. The van der Waals surface area contributed by atoms with Gasteiger partial charge in [0.05, 0.1) is 22.7 Å². The molecule has 0 amide bonds. The number of sulfonamides is 1. The van der Waals surface area contributed by atoms with Crippen LogP contribution in [0.3, 0.4) is 0 Å². The third-order valence-electron chi connectivity index (χ3n) is 2.87. The second-order valence-corrected chi connectivity index (χ2v) is 6.53. The molecule has 1 aromatic heterocycles. The van der Waals surface area contributed by atoms with Crippen molar-refractivity contribution in [3.8, 4) is 0 Å². The summed E-state index contributed by atoms with van der Waals surface area (Å²) in [5.41, 5.74) is 1.33. The lowest BCUT2D eigenvalue weighted by atomic mass is 10.2. The van der Waals surface area contributed by atoms with Crippen LogP contribution >= 0.6 is 0 Å². The van der Waals surface area contributed by atoms with Gasteiger partial charge >= 0.3 is 0 Å². The highest BCUT2D eigenvalue weighted by Gasteiger charge is 2.19. The van der Waals surface area contributed by atoms with Crippen molar-refractivity contribution >= 4 is 26.6 Å². The molecule has 2 N–H and O–H groups in total. The predicted octanol–water partition coefficient (Wildman–Crippen LogP) is 1.58. The molecule has 2 aromatic rings. The number of hydrogen-bond acceptors (Lipinski definition) is 4. The van der Waals surface area contributed by atoms with Crippen LogP contribution in [-0.4, -0.2) is 32.2 Å². The maximum atomic E-state index is 12.0. The van der Waals surface area contributed by atoms with Crippen LogP contribution in [0.25, 0.3) is 10.9 Å².